The summed E-state index contributed by atoms with van der Waals surface area (Å²) in [5.74, 6) is 0.362. The van der Waals surface area contributed by atoms with Crippen LogP contribution < -0.4 is 9.64 Å². The Labute approximate surface area is 121 Å². The van der Waals surface area contributed by atoms with Crippen molar-refractivity contribution in [3.63, 3.8) is 0 Å². The number of ether oxygens (including phenoxy) is 1. The Morgan fingerprint density at radius 2 is 1.95 bits per heavy atom. The van der Waals surface area contributed by atoms with E-state index in [1.54, 1.807) is 19.2 Å². The quantitative estimate of drug-likeness (QED) is 0.789. The molecule has 0 bridgehead atoms. The SMILES string of the molecule is CCC(CC)CN(CC)c1cc(OC)ccc1C(=O)O. The van der Waals surface area contributed by atoms with Crippen molar-refractivity contribution < 1.29 is 14.6 Å². The fraction of sp³-hybridized carbons (Fsp3) is 0.562. The van der Waals surface area contributed by atoms with Crippen molar-refractivity contribution in [1.82, 2.24) is 0 Å². The minimum absolute atomic E-state index is 0.332. The highest BCUT2D eigenvalue weighted by Gasteiger charge is 2.18. The first-order valence-corrected chi connectivity index (χ1v) is 7.23. The van der Waals surface area contributed by atoms with Gasteiger partial charge >= 0.3 is 5.97 Å². The van der Waals surface area contributed by atoms with Crippen molar-refractivity contribution in [2.75, 3.05) is 25.1 Å². The minimum Gasteiger partial charge on any atom is -0.497 e. The van der Waals surface area contributed by atoms with E-state index in [0.717, 1.165) is 31.6 Å². The molecule has 0 aliphatic carbocycles. The normalized spacial score (nSPS) is 10.7. The van der Waals surface area contributed by atoms with Crippen molar-refractivity contribution in [3.8, 4) is 5.75 Å². The number of carboxylic acids is 1. The number of hydrogen-bond donors (Lipinski definition) is 1. The number of rotatable bonds is 8. The average molecular weight is 279 g/mol. The lowest BCUT2D eigenvalue weighted by Gasteiger charge is -2.29. The summed E-state index contributed by atoms with van der Waals surface area (Å²) in [7, 11) is 1.59. The molecule has 1 rings (SSSR count). The van der Waals surface area contributed by atoms with Crippen LogP contribution in [0.1, 0.15) is 44.0 Å². The molecule has 0 spiro atoms. The lowest BCUT2D eigenvalue weighted by atomic mass is 10.0. The summed E-state index contributed by atoms with van der Waals surface area (Å²) in [5.41, 5.74) is 1.07. The third kappa shape index (κ3) is 3.89. The number of methoxy groups -OCH3 is 1. The summed E-state index contributed by atoms with van der Waals surface area (Å²) in [6.45, 7) is 8.05. The zero-order chi connectivity index (χ0) is 15.1. The summed E-state index contributed by atoms with van der Waals surface area (Å²) in [5, 5.41) is 9.35. The van der Waals surface area contributed by atoms with Crippen LogP contribution in [-0.2, 0) is 0 Å². The number of anilines is 1. The standard InChI is InChI=1S/C16H25NO3/c1-5-12(6-2)11-17(7-3)15-10-13(20-4)8-9-14(15)16(18)19/h8-10,12H,5-7,11H2,1-4H3,(H,18,19). The van der Waals surface area contributed by atoms with E-state index in [0.29, 0.717) is 17.2 Å². The Bertz CT molecular complexity index is 441. The second-order valence-electron chi connectivity index (χ2n) is 4.91. The van der Waals surface area contributed by atoms with Crippen molar-refractivity contribution in [3.05, 3.63) is 23.8 Å². The number of carboxylic acid groups (broad SMARTS) is 1. The second-order valence-corrected chi connectivity index (χ2v) is 4.91. The molecule has 20 heavy (non-hydrogen) atoms. The molecule has 112 valence electrons. The molecule has 4 nitrogen and oxygen atoms in total. The van der Waals surface area contributed by atoms with Crippen LogP contribution in [0.25, 0.3) is 0 Å². The molecule has 0 saturated heterocycles. The van der Waals surface area contributed by atoms with Gasteiger partial charge in [-0.15, -0.1) is 0 Å². The fourth-order valence-electron chi connectivity index (χ4n) is 2.34. The Kier molecular flexibility index (Phi) is 6.36. The third-order valence-corrected chi connectivity index (χ3v) is 3.79. The van der Waals surface area contributed by atoms with Crippen LogP contribution in [0.5, 0.6) is 5.75 Å². The molecule has 0 unspecified atom stereocenters. The molecule has 0 aliphatic rings. The van der Waals surface area contributed by atoms with Crippen LogP contribution in [0.15, 0.2) is 18.2 Å². The van der Waals surface area contributed by atoms with Crippen LogP contribution in [0, 0.1) is 5.92 Å². The minimum atomic E-state index is -0.898. The first kappa shape index (κ1) is 16.3. The predicted octanol–water partition coefficient (Wildman–Crippen LogP) is 3.66. The smallest absolute Gasteiger partial charge is 0.337 e. The molecule has 0 fully saturated rings. The zero-order valence-corrected chi connectivity index (χ0v) is 12.8. The Balaban J connectivity index is 3.14. The van der Waals surface area contributed by atoms with Gasteiger partial charge in [-0.2, -0.15) is 0 Å². The maximum Gasteiger partial charge on any atom is 0.337 e. The highest BCUT2D eigenvalue weighted by Crippen LogP contribution is 2.27. The number of nitrogens with zero attached hydrogens (tertiary/aromatic N) is 1. The van der Waals surface area contributed by atoms with Crippen LogP contribution in [0.4, 0.5) is 5.69 Å². The predicted molar refractivity (Wildman–Crippen MR) is 81.9 cm³/mol. The summed E-state index contributed by atoms with van der Waals surface area (Å²) in [4.78, 5) is 13.5. The van der Waals surface area contributed by atoms with Crippen molar-refractivity contribution in [2.24, 2.45) is 5.92 Å². The van der Waals surface area contributed by atoms with E-state index in [1.165, 1.54) is 0 Å². The summed E-state index contributed by atoms with van der Waals surface area (Å²) >= 11 is 0. The molecular weight excluding hydrogens is 254 g/mol. The van der Waals surface area contributed by atoms with Gasteiger partial charge in [0.15, 0.2) is 0 Å². The molecule has 0 heterocycles. The molecule has 0 aromatic heterocycles. The van der Waals surface area contributed by atoms with Crippen LogP contribution in [0.3, 0.4) is 0 Å². The molecule has 4 heteroatoms. The van der Waals surface area contributed by atoms with E-state index in [1.807, 2.05) is 13.0 Å². The lowest BCUT2D eigenvalue weighted by molar-refractivity contribution is 0.0697. The highest BCUT2D eigenvalue weighted by molar-refractivity contribution is 5.94. The fourth-order valence-corrected chi connectivity index (χ4v) is 2.34. The molecule has 0 saturated carbocycles. The van der Waals surface area contributed by atoms with Gasteiger partial charge in [-0.05, 0) is 25.0 Å². The van der Waals surface area contributed by atoms with Gasteiger partial charge in [0.25, 0.3) is 0 Å². The van der Waals surface area contributed by atoms with E-state index in [2.05, 4.69) is 18.7 Å². The molecule has 0 atom stereocenters. The first-order chi connectivity index (χ1) is 9.57. The summed E-state index contributed by atoms with van der Waals surface area (Å²) < 4.78 is 5.22. The lowest BCUT2D eigenvalue weighted by Crippen LogP contribution is -2.30. The number of aromatic carboxylic acids is 1. The van der Waals surface area contributed by atoms with E-state index in [9.17, 15) is 9.90 Å². The molecule has 1 aromatic carbocycles. The van der Waals surface area contributed by atoms with E-state index in [-0.39, 0.29) is 0 Å². The monoisotopic (exact) mass is 279 g/mol. The number of benzene rings is 1. The van der Waals surface area contributed by atoms with E-state index >= 15 is 0 Å². The molecule has 0 radical (unpaired) electrons. The van der Waals surface area contributed by atoms with E-state index in [4.69, 9.17) is 4.74 Å². The van der Waals surface area contributed by atoms with E-state index < -0.39 is 5.97 Å². The van der Waals surface area contributed by atoms with Gasteiger partial charge < -0.3 is 14.7 Å². The molecule has 1 aromatic rings. The zero-order valence-electron chi connectivity index (χ0n) is 12.8. The van der Waals surface area contributed by atoms with Gasteiger partial charge in [0.05, 0.1) is 18.4 Å². The molecule has 0 amide bonds. The van der Waals surface area contributed by atoms with Gasteiger partial charge in [0.2, 0.25) is 0 Å². The largest absolute Gasteiger partial charge is 0.497 e. The highest BCUT2D eigenvalue weighted by atomic mass is 16.5. The number of carbonyl (C=O) groups is 1. The van der Waals surface area contributed by atoms with Crippen molar-refractivity contribution in [1.29, 1.82) is 0 Å². The van der Waals surface area contributed by atoms with Gasteiger partial charge in [0.1, 0.15) is 5.75 Å². The van der Waals surface area contributed by atoms with Crippen molar-refractivity contribution in [2.45, 2.75) is 33.6 Å². The van der Waals surface area contributed by atoms with Crippen molar-refractivity contribution >= 4 is 11.7 Å². The molecule has 1 N–H and O–H groups in total. The van der Waals surface area contributed by atoms with Crippen LogP contribution >= 0.6 is 0 Å². The molecule has 0 aliphatic heterocycles. The Morgan fingerprint density at radius 1 is 1.30 bits per heavy atom. The maximum atomic E-state index is 11.4. The van der Waals surface area contributed by atoms with Crippen LogP contribution in [-0.4, -0.2) is 31.3 Å². The Morgan fingerprint density at radius 3 is 2.40 bits per heavy atom. The van der Waals surface area contributed by atoms with Gasteiger partial charge in [0, 0.05) is 19.2 Å². The molecular formula is C16H25NO3. The topological polar surface area (TPSA) is 49.8 Å². The van der Waals surface area contributed by atoms with Crippen LogP contribution in [0.2, 0.25) is 0 Å². The maximum absolute atomic E-state index is 11.4. The van der Waals surface area contributed by atoms with Gasteiger partial charge in [-0.25, -0.2) is 4.79 Å². The number of hydrogen-bond acceptors (Lipinski definition) is 3. The second kappa shape index (κ2) is 7.78. The third-order valence-electron chi connectivity index (χ3n) is 3.79. The van der Waals surface area contributed by atoms with Gasteiger partial charge in [-0.1, -0.05) is 26.7 Å². The Hall–Kier alpha value is -1.71. The van der Waals surface area contributed by atoms with Gasteiger partial charge in [-0.3, -0.25) is 0 Å². The summed E-state index contributed by atoms with van der Waals surface area (Å²) in [6, 6.07) is 5.12. The average Bonchev–Trinajstić information content (AvgIpc) is 2.48. The first-order valence-electron chi connectivity index (χ1n) is 7.23. The summed E-state index contributed by atoms with van der Waals surface area (Å²) in [6.07, 6.45) is 2.19.